The molecule has 0 atom stereocenters. The van der Waals surface area contributed by atoms with Gasteiger partial charge in [0.25, 0.3) is 0 Å². The number of hydrogen-bond acceptors (Lipinski definition) is 2. The number of alkyl halides is 6. The van der Waals surface area contributed by atoms with Crippen LogP contribution in [0.3, 0.4) is 0 Å². The maximum Gasteiger partial charge on any atom is 0.433 e. The summed E-state index contributed by atoms with van der Waals surface area (Å²) in [7, 11) is 0. The van der Waals surface area contributed by atoms with Crippen LogP contribution in [-0.2, 0) is 12.4 Å². The van der Waals surface area contributed by atoms with E-state index in [1.807, 2.05) is 0 Å². The second-order valence-electron chi connectivity index (χ2n) is 2.59. The predicted octanol–water partition coefficient (Wildman–Crippen LogP) is 2.82. The predicted molar refractivity (Wildman–Crippen MR) is 35.9 cm³/mol. The van der Waals surface area contributed by atoms with E-state index in [9.17, 15) is 26.3 Å². The number of aromatic nitrogens is 1. The van der Waals surface area contributed by atoms with Crippen LogP contribution in [0.1, 0.15) is 11.3 Å². The van der Waals surface area contributed by atoms with Crippen LogP contribution < -0.4 is 0 Å². The maximum absolute atomic E-state index is 12.1. The van der Waals surface area contributed by atoms with Crippen molar-refractivity contribution in [2.45, 2.75) is 12.4 Å². The molecule has 0 spiro atoms. The molecule has 0 aromatic carbocycles. The Balaban J connectivity index is 3.41. The summed E-state index contributed by atoms with van der Waals surface area (Å²) in [6, 6.07) is -0.0180. The molecule has 0 fully saturated rings. The van der Waals surface area contributed by atoms with Crippen LogP contribution in [0, 0.1) is 0 Å². The fourth-order valence-electron chi connectivity index (χ4n) is 0.896. The van der Waals surface area contributed by atoms with Crippen molar-refractivity contribution in [1.82, 2.24) is 4.98 Å². The lowest BCUT2D eigenvalue weighted by Crippen LogP contribution is -2.18. The minimum atomic E-state index is -5.21. The Labute approximate surface area is 79.2 Å². The van der Waals surface area contributed by atoms with E-state index in [2.05, 4.69) is 4.98 Å². The standard InChI is InChI=1S/C7H3F6NO/c8-6(9,10)4-1-3(15)2-14-5(4)7(11,12)13/h1-2,15H. The topological polar surface area (TPSA) is 33.1 Å². The van der Waals surface area contributed by atoms with Gasteiger partial charge in [-0.3, -0.25) is 0 Å². The Hall–Kier alpha value is -1.47. The van der Waals surface area contributed by atoms with Gasteiger partial charge in [0.15, 0.2) is 5.69 Å². The van der Waals surface area contributed by atoms with Crippen molar-refractivity contribution in [1.29, 1.82) is 0 Å². The average molecular weight is 231 g/mol. The Morgan fingerprint density at radius 3 is 1.93 bits per heavy atom. The number of aromatic hydroxyl groups is 1. The third kappa shape index (κ3) is 2.51. The molecular formula is C7H3F6NO. The fraction of sp³-hybridized carbons (Fsp3) is 0.286. The Morgan fingerprint density at radius 1 is 1.00 bits per heavy atom. The van der Waals surface area contributed by atoms with Crippen molar-refractivity contribution in [3.8, 4) is 5.75 Å². The molecule has 0 saturated carbocycles. The zero-order valence-electron chi connectivity index (χ0n) is 6.82. The van der Waals surface area contributed by atoms with Crippen molar-refractivity contribution < 1.29 is 31.4 Å². The second-order valence-corrected chi connectivity index (χ2v) is 2.59. The molecule has 1 heterocycles. The van der Waals surface area contributed by atoms with Crippen molar-refractivity contribution in [3.05, 3.63) is 23.5 Å². The molecule has 1 N–H and O–H groups in total. The molecule has 0 radical (unpaired) electrons. The molecule has 2 nitrogen and oxygen atoms in total. The summed E-state index contributed by atoms with van der Waals surface area (Å²) < 4.78 is 72.5. The van der Waals surface area contributed by atoms with Crippen molar-refractivity contribution >= 4 is 0 Å². The molecule has 1 rings (SSSR count). The van der Waals surface area contributed by atoms with Crippen LogP contribution >= 0.6 is 0 Å². The van der Waals surface area contributed by atoms with Crippen LogP contribution in [0.4, 0.5) is 26.3 Å². The minimum Gasteiger partial charge on any atom is -0.506 e. The third-order valence-corrected chi connectivity index (χ3v) is 1.45. The summed E-state index contributed by atoms with van der Waals surface area (Å²) in [4.78, 5) is 2.52. The van der Waals surface area contributed by atoms with Crippen LogP contribution in [0.2, 0.25) is 0 Å². The van der Waals surface area contributed by atoms with Gasteiger partial charge in [-0.1, -0.05) is 0 Å². The van der Waals surface area contributed by atoms with E-state index in [-0.39, 0.29) is 6.07 Å². The van der Waals surface area contributed by atoms with Gasteiger partial charge in [0, 0.05) is 0 Å². The molecule has 0 aliphatic carbocycles. The molecule has 1 aromatic rings. The molecule has 8 heteroatoms. The van der Waals surface area contributed by atoms with E-state index < -0.39 is 29.4 Å². The largest absolute Gasteiger partial charge is 0.506 e. The third-order valence-electron chi connectivity index (χ3n) is 1.45. The minimum absolute atomic E-state index is 0.0180. The Bertz CT molecular complexity index is 369. The Kier molecular flexibility index (Phi) is 2.54. The van der Waals surface area contributed by atoms with E-state index in [1.54, 1.807) is 0 Å². The molecule has 0 aliphatic heterocycles. The summed E-state index contributed by atoms with van der Waals surface area (Å²) in [6.07, 6.45) is -10.1. The maximum atomic E-state index is 12.1. The quantitative estimate of drug-likeness (QED) is 0.696. The first-order valence-corrected chi connectivity index (χ1v) is 3.46. The molecule has 15 heavy (non-hydrogen) atoms. The van der Waals surface area contributed by atoms with Crippen molar-refractivity contribution in [2.75, 3.05) is 0 Å². The number of pyridine rings is 1. The second kappa shape index (κ2) is 3.28. The highest BCUT2D eigenvalue weighted by atomic mass is 19.4. The van der Waals surface area contributed by atoms with Gasteiger partial charge in [0.1, 0.15) is 5.75 Å². The van der Waals surface area contributed by atoms with Crippen molar-refractivity contribution in [2.24, 2.45) is 0 Å². The zero-order chi connectivity index (χ0) is 11.9. The summed E-state index contributed by atoms with van der Waals surface area (Å²) in [5, 5.41) is 8.64. The number of rotatable bonds is 0. The van der Waals surface area contributed by atoms with E-state index in [1.165, 1.54) is 0 Å². The van der Waals surface area contributed by atoms with Crippen LogP contribution in [-0.4, -0.2) is 10.1 Å². The lowest BCUT2D eigenvalue weighted by Gasteiger charge is -2.13. The monoisotopic (exact) mass is 231 g/mol. The molecule has 0 bridgehead atoms. The van der Waals surface area contributed by atoms with Gasteiger partial charge in [-0.2, -0.15) is 26.3 Å². The highest BCUT2D eigenvalue weighted by Gasteiger charge is 2.44. The first kappa shape index (κ1) is 11.6. The zero-order valence-corrected chi connectivity index (χ0v) is 6.82. The number of nitrogens with zero attached hydrogens (tertiary/aromatic N) is 1. The first-order valence-electron chi connectivity index (χ1n) is 3.46. The van der Waals surface area contributed by atoms with E-state index in [4.69, 9.17) is 5.11 Å². The van der Waals surface area contributed by atoms with Gasteiger partial charge < -0.3 is 5.11 Å². The smallest absolute Gasteiger partial charge is 0.433 e. The molecule has 0 saturated heterocycles. The van der Waals surface area contributed by atoms with Gasteiger partial charge in [0.2, 0.25) is 0 Å². The summed E-state index contributed by atoms with van der Waals surface area (Å²) in [6.45, 7) is 0. The van der Waals surface area contributed by atoms with Gasteiger partial charge in [-0.05, 0) is 6.07 Å². The first-order chi connectivity index (χ1) is 6.62. The normalized spacial score (nSPS) is 12.9. The van der Waals surface area contributed by atoms with Gasteiger partial charge >= 0.3 is 12.4 Å². The van der Waals surface area contributed by atoms with E-state index in [0.717, 1.165) is 0 Å². The van der Waals surface area contributed by atoms with Gasteiger partial charge in [-0.15, -0.1) is 0 Å². The molecule has 0 aliphatic rings. The number of hydrogen-bond donors (Lipinski definition) is 1. The van der Waals surface area contributed by atoms with Crippen molar-refractivity contribution in [3.63, 3.8) is 0 Å². The van der Waals surface area contributed by atoms with Crippen LogP contribution in [0.25, 0.3) is 0 Å². The van der Waals surface area contributed by atoms with Gasteiger partial charge in [0.05, 0.1) is 11.8 Å². The molecule has 84 valence electrons. The fourth-order valence-corrected chi connectivity index (χ4v) is 0.896. The van der Waals surface area contributed by atoms with E-state index >= 15 is 0 Å². The van der Waals surface area contributed by atoms with Crippen LogP contribution in [0.5, 0.6) is 5.75 Å². The molecule has 1 aromatic heterocycles. The SMILES string of the molecule is Oc1cnc(C(F)(F)F)c(C(F)(F)F)c1. The average Bonchev–Trinajstić information content (AvgIpc) is 2.00. The number of halogens is 6. The molecule has 0 unspecified atom stereocenters. The molecule has 0 amide bonds. The lowest BCUT2D eigenvalue weighted by molar-refractivity contribution is -0.164. The summed E-state index contributed by atoms with van der Waals surface area (Å²) >= 11 is 0. The lowest BCUT2D eigenvalue weighted by atomic mass is 10.1. The highest BCUT2D eigenvalue weighted by Crippen LogP contribution is 2.39. The van der Waals surface area contributed by atoms with E-state index in [0.29, 0.717) is 6.20 Å². The Morgan fingerprint density at radius 2 is 1.53 bits per heavy atom. The summed E-state index contributed by atoms with van der Waals surface area (Å²) in [5.74, 6) is -0.977. The van der Waals surface area contributed by atoms with Crippen LogP contribution in [0.15, 0.2) is 12.3 Å². The van der Waals surface area contributed by atoms with Gasteiger partial charge in [-0.25, -0.2) is 4.98 Å². The highest BCUT2D eigenvalue weighted by molar-refractivity contribution is 5.32. The summed E-state index contributed by atoms with van der Waals surface area (Å²) in [5.41, 5.74) is -4.07. The molecular weight excluding hydrogens is 228 g/mol.